The lowest BCUT2D eigenvalue weighted by Gasteiger charge is -2.05. The Kier molecular flexibility index (Phi) is 16.9. The molecule has 0 aliphatic rings. The zero-order valence-electron chi connectivity index (χ0n) is 15.5. The van der Waals surface area contributed by atoms with Gasteiger partial charge in [-0.15, -0.1) is 0 Å². The van der Waals surface area contributed by atoms with Gasteiger partial charge in [0.2, 0.25) is 0 Å². The number of ether oxygens (including phenoxy) is 2. The van der Waals surface area contributed by atoms with E-state index in [1.54, 1.807) is 6.92 Å². The number of carbonyl (C=O) groups excluding carboxylic acids is 1. The third-order valence-corrected chi connectivity index (χ3v) is 3.91. The monoisotopic (exact) mass is 326 g/mol. The minimum Gasteiger partial charge on any atom is -0.462 e. The van der Waals surface area contributed by atoms with Crippen molar-refractivity contribution in [3.05, 3.63) is 12.2 Å². The van der Waals surface area contributed by atoms with E-state index in [1.807, 2.05) is 0 Å². The van der Waals surface area contributed by atoms with E-state index in [-0.39, 0.29) is 5.97 Å². The number of rotatable bonds is 17. The molecule has 0 aromatic rings. The SMILES string of the molecule is C=C(C)C(=O)OCCCCCCCCCCCCOCCCC. The highest BCUT2D eigenvalue weighted by Gasteiger charge is 2.01. The Balaban J connectivity index is 3.05. The third-order valence-electron chi connectivity index (χ3n) is 3.91. The summed E-state index contributed by atoms with van der Waals surface area (Å²) in [5, 5.41) is 0. The number of esters is 1. The molecule has 0 saturated carbocycles. The standard InChI is InChI=1S/C20H38O3/c1-4-5-16-22-17-14-12-10-8-6-7-9-11-13-15-18-23-20(21)19(2)3/h2,4-18H2,1,3H3. The van der Waals surface area contributed by atoms with E-state index in [0.717, 1.165) is 26.1 Å². The predicted octanol–water partition coefficient (Wildman–Crippen LogP) is 5.82. The van der Waals surface area contributed by atoms with Crippen LogP contribution in [0.25, 0.3) is 0 Å². The Morgan fingerprint density at radius 1 is 0.739 bits per heavy atom. The van der Waals surface area contributed by atoms with Gasteiger partial charge < -0.3 is 9.47 Å². The zero-order valence-corrected chi connectivity index (χ0v) is 15.5. The molecule has 0 fully saturated rings. The average Bonchev–Trinajstić information content (AvgIpc) is 2.54. The molecule has 0 aromatic carbocycles. The Morgan fingerprint density at radius 2 is 1.17 bits per heavy atom. The maximum atomic E-state index is 11.2. The fraction of sp³-hybridized carbons (Fsp3) is 0.850. The quantitative estimate of drug-likeness (QED) is 0.192. The van der Waals surface area contributed by atoms with Gasteiger partial charge in [0.15, 0.2) is 0 Å². The first-order valence-electron chi connectivity index (χ1n) is 9.58. The molecule has 0 radical (unpaired) electrons. The van der Waals surface area contributed by atoms with Gasteiger partial charge in [0, 0.05) is 18.8 Å². The van der Waals surface area contributed by atoms with Crippen LogP contribution >= 0.6 is 0 Å². The van der Waals surface area contributed by atoms with E-state index in [9.17, 15) is 4.79 Å². The molecule has 3 nitrogen and oxygen atoms in total. The fourth-order valence-electron chi connectivity index (χ4n) is 2.36. The Labute approximate surface area is 143 Å². The molecule has 3 heteroatoms. The van der Waals surface area contributed by atoms with Crippen LogP contribution in [-0.2, 0) is 14.3 Å². The van der Waals surface area contributed by atoms with Crippen molar-refractivity contribution < 1.29 is 14.3 Å². The first-order chi connectivity index (χ1) is 11.2. The number of hydrogen-bond acceptors (Lipinski definition) is 3. The largest absolute Gasteiger partial charge is 0.462 e. The van der Waals surface area contributed by atoms with Crippen LogP contribution in [0.4, 0.5) is 0 Å². The van der Waals surface area contributed by atoms with Crippen molar-refractivity contribution in [2.75, 3.05) is 19.8 Å². The van der Waals surface area contributed by atoms with E-state index in [2.05, 4.69) is 13.5 Å². The highest BCUT2D eigenvalue weighted by molar-refractivity contribution is 5.86. The van der Waals surface area contributed by atoms with Crippen LogP contribution in [0.15, 0.2) is 12.2 Å². The highest BCUT2D eigenvalue weighted by Crippen LogP contribution is 2.11. The average molecular weight is 327 g/mol. The topological polar surface area (TPSA) is 35.5 Å². The molecular formula is C20H38O3. The molecule has 0 spiro atoms. The molecule has 0 amide bonds. The van der Waals surface area contributed by atoms with Crippen LogP contribution in [0.2, 0.25) is 0 Å². The lowest BCUT2D eigenvalue weighted by Crippen LogP contribution is -2.05. The Bertz CT molecular complexity index is 287. The summed E-state index contributed by atoms with van der Waals surface area (Å²) in [7, 11) is 0. The second-order valence-corrected chi connectivity index (χ2v) is 6.42. The van der Waals surface area contributed by atoms with Crippen LogP contribution in [-0.4, -0.2) is 25.8 Å². The second-order valence-electron chi connectivity index (χ2n) is 6.42. The summed E-state index contributed by atoms with van der Waals surface area (Å²) in [6, 6.07) is 0. The minimum absolute atomic E-state index is 0.263. The van der Waals surface area contributed by atoms with Crippen LogP contribution in [0.3, 0.4) is 0 Å². The number of carbonyl (C=O) groups is 1. The number of hydrogen-bond donors (Lipinski definition) is 0. The van der Waals surface area contributed by atoms with E-state index >= 15 is 0 Å². The first kappa shape index (κ1) is 22.2. The Morgan fingerprint density at radius 3 is 1.65 bits per heavy atom. The minimum atomic E-state index is -0.263. The van der Waals surface area contributed by atoms with Gasteiger partial charge in [-0.1, -0.05) is 71.3 Å². The summed E-state index contributed by atoms with van der Waals surface area (Å²) in [4.78, 5) is 11.2. The maximum absolute atomic E-state index is 11.2. The highest BCUT2D eigenvalue weighted by atomic mass is 16.5. The van der Waals surface area contributed by atoms with Gasteiger partial charge in [0.1, 0.15) is 0 Å². The molecule has 0 aliphatic carbocycles. The molecule has 0 saturated heterocycles. The van der Waals surface area contributed by atoms with Crippen LogP contribution in [0.5, 0.6) is 0 Å². The van der Waals surface area contributed by atoms with Gasteiger partial charge in [-0.05, 0) is 26.2 Å². The zero-order chi connectivity index (χ0) is 17.2. The van der Waals surface area contributed by atoms with Crippen LogP contribution in [0, 0.1) is 0 Å². The van der Waals surface area contributed by atoms with Gasteiger partial charge in [-0.25, -0.2) is 4.79 Å². The summed E-state index contributed by atoms with van der Waals surface area (Å²) >= 11 is 0. The van der Waals surface area contributed by atoms with E-state index in [0.29, 0.717) is 12.2 Å². The molecule has 0 unspecified atom stereocenters. The van der Waals surface area contributed by atoms with Crippen molar-refractivity contribution in [2.24, 2.45) is 0 Å². The normalized spacial score (nSPS) is 10.7. The summed E-state index contributed by atoms with van der Waals surface area (Å²) in [5.41, 5.74) is 0.484. The second kappa shape index (κ2) is 17.5. The van der Waals surface area contributed by atoms with E-state index in [1.165, 1.54) is 64.2 Å². The van der Waals surface area contributed by atoms with Crippen molar-refractivity contribution in [1.82, 2.24) is 0 Å². The molecule has 23 heavy (non-hydrogen) atoms. The summed E-state index contributed by atoms with van der Waals surface area (Å²) in [5.74, 6) is -0.263. The third kappa shape index (κ3) is 17.4. The van der Waals surface area contributed by atoms with Crippen molar-refractivity contribution >= 4 is 5.97 Å². The molecule has 136 valence electrons. The van der Waals surface area contributed by atoms with Gasteiger partial charge in [0.25, 0.3) is 0 Å². The van der Waals surface area contributed by atoms with Crippen molar-refractivity contribution in [2.45, 2.75) is 90.9 Å². The Hall–Kier alpha value is -0.830. The molecule has 0 rings (SSSR count). The first-order valence-corrected chi connectivity index (χ1v) is 9.58. The molecule has 0 aromatic heterocycles. The van der Waals surface area contributed by atoms with Crippen molar-refractivity contribution in [3.63, 3.8) is 0 Å². The van der Waals surface area contributed by atoms with Crippen LogP contribution < -0.4 is 0 Å². The molecule has 0 bridgehead atoms. The number of unbranched alkanes of at least 4 members (excludes halogenated alkanes) is 10. The molecule has 0 heterocycles. The lowest BCUT2D eigenvalue weighted by atomic mass is 10.1. The smallest absolute Gasteiger partial charge is 0.333 e. The molecule has 0 N–H and O–H groups in total. The fourth-order valence-corrected chi connectivity index (χ4v) is 2.36. The molecular weight excluding hydrogens is 288 g/mol. The van der Waals surface area contributed by atoms with Gasteiger partial charge in [-0.3, -0.25) is 0 Å². The summed E-state index contributed by atoms with van der Waals surface area (Å²) in [6.45, 7) is 9.85. The lowest BCUT2D eigenvalue weighted by molar-refractivity contribution is -0.139. The molecule has 0 atom stereocenters. The summed E-state index contributed by atoms with van der Waals surface area (Å²) < 4.78 is 10.6. The van der Waals surface area contributed by atoms with Crippen molar-refractivity contribution in [1.29, 1.82) is 0 Å². The maximum Gasteiger partial charge on any atom is 0.333 e. The van der Waals surface area contributed by atoms with Gasteiger partial charge in [-0.2, -0.15) is 0 Å². The predicted molar refractivity (Wildman–Crippen MR) is 97.7 cm³/mol. The summed E-state index contributed by atoms with van der Waals surface area (Å²) in [6.07, 6.45) is 15.0. The van der Waals surface area contributed by atoms with Crippen molar-refractivity contribution in [3.8, 4) is 0 Å². The molecule has 0 aliphatic heterocycles. The van der Waals surface area contributed by atoms with E-state index < -0.39 is 0 Å². The van der Waals surface area contributed by atoms with Gasteiger partial charge in [0.05, 0.1) is 6.61 Å². The van der Waals surface area contributed by atoms with Crippen LogP contribution in [0.1, 0.15) is 90.9 Å². The van der Waals surface area contributed by atoms with Gasteiger partial charge >= 0.3 is 5.97 Å². The van der Waals surface area contributed by atoms with E-state index in [4.69, 9.17) is 9.47 Å².